The Morgan fingerprint density at radius 1 is 1.27 bits per heavy atom. The number of rotatable bonds is 9. The number of benzene rings is 1. The van der Waals surface area contributed by atoms with Crippen LogP contribution in [-0.2, 0) is 11.2 Å². The molecular formula is C20H33FIN3O. The number of halogens is 2. The van der Waals surface area contributed by atoms with Crippen molar-refractivity contribution in [2.24, 2.45) is 10.4 Å². The summed E-state index contributed by atoms with van der Waals surface area (Å²) in [5.74, 6) is 0.636. The number of aliphatic imine (C=N–C) groups is 1. The van der Waals surface area contributed by atoms with Crippen molar-refractivity contribution in [3.63, 3.8) is 0 Å². The van der Waals surface area contributed by atoms with Gasteiger partial charge in [-0.2, -0.15) is 0 Å². The summed E-state index contributed by atoms with van der Waals surface area (Å²) in [5.41, 5.74) is 1.32. The lowest BCUT2D eigenvalue weighted by Crippen LogP contribution is -2.44. The van der Waals surface area contributed by atoms with Crippen LogP contribution in [0.15, 0.2) is 29.3 Å². The second-order valence-electron chi connectivity index (χ2n) is 6.89. The Morgan fingerprint density at radius 3 is 2.69 bits per heavy atom. The first-order valence-electron chi connectivity index (χ1n) is 9.44. The number of guanidine groups is 1. The highest BCUT2D eigenvalue weighted by Crippen LogP contribution is 2.40. The summed E-state index contributed by atoms with van der Waals surface area (Å²) in [6.07, 6.45) is 7.00. The van der Waals surface area contributed by atoms with Crippen LogP contribution in [0.1, 0.15) is 44.6 Å². The second kappa shape index (κ2) is 12.5. The maximum atomic E-state index is 13.2. The largest absolute Gasteiger partial charge is 0.382 e. The molecule has 0 aliphatic heterocycles. The highest BCUT2D eigenvalue weighted by Gasteiger charge is 2.33. The number of hydrogen-bond acceptors (Lipinski definition) is 2. The van der Waals surface area contributed by atoms with E-state index in [2.05, 4.69) is 15.6 Å². The van der Waals surface area contributed by atoms with Crippen molar-refractivity contribution in [2.45, 2.75) is 45.4 Å². The Labute approximate surface area is 174 Å². The van der Waals surface area contributed by atoms with Gasteiger partial charge in [0, 0.05) is 33.4 Å². The molecule has 1 saturated carbocycles. The first-order chi connectivity index (χ1) is 12.2. The molecule has 1 aliphatic carbocycles. The van der Waals surface area contributed by atoms with Gasteiger partial charge in [-0.1, -0.05) is 25.0 Å². The summed E-state index contributed by atoms with van der Waals surface area (Å²) in [6.45, 7) is 5.33. The molecule has 0 saturated heterocycles. The quantitative estimate of drug-likeness (QED) is 0.243. The number of hydrogen-bond donors (Lipinski definition) is 2. The van der Waals surface area contributed by atoms with Crippen LogP contribution in [-0.4, -0.2) is 39.3 Å². The van der Waals surface area contributed by atoms with Gasteiger partial charge in [-0.05, 0) is 55.7 Å². The van der Waals surface area contributed by atoms with E-state index < -0.39 is 0 Å². The van der Waals surface area contributed by atoms with E-state index in [1.165, 1.54) is 31.7 Å². The zero-order valence-corrected chi connectivity index (χ0v) is 18.4. The minimum Gasteiger partial charge on any atom is -0.382 e. The Kier molecular flexibility index (Phi) is 11.1. The van der Waals surface area contributed by atoms with Crippen LogP contribution in [0.2, 0.25) is 0 Å². The summed E-state index contributed by atoms with van der Waals surface area (Å²) >= 11 is 0. The molecule has 1 aliphatic rings. The lowest BCUT2D eigenvalue weighted by Gasteiger charge is -2.30. The van der Waals surface area contributed by atoms with Crippen molar-refractivity contribution in [3.05, 3.63) is 35.6 Å². The topological polar surface area (TPSA) is 45.6 Å². The third kappa shape index (κ3) is 7.78. The van der Waals surface area contributed by atoms with Gasteiger partial charge in [0.25, 0.3) is 0 Å². The van der Waals surface area contributed by atoms with Crippen LogP contribution in [0.4, 0.5) is 4.39 Å². The highest BCUT2D eigenvalue weighted by atomic mass is 127. The van der Waals surface area contributed by atoms with Crippen molar-refractivity contribution >= 4 is 29.9 Å². The summed E-state index contributed by atoms with van der Waals surface area (Å²) in [4.78, 5) is 4.31. The van der Waals surface area contributed by atoms with Crippen LogP contribution >= 0.6 is 24.0 Å². The summed E-state index contributed by atoms with van der Waals surface area (Å²) in [6, 6.07) is 6.75. The molecule has 0 aromatic heterocycles. The van der Waals surface area contributed by atoms with Gasteiger partial charge in [0.2, 0.25) is 0 Å². The van der Waals surface area contributed by atoms with E-state index in [9.17, 15) is 4.39 Å². The average molecular weight is 477 g/mol. The molecule has 0 bridgehead atoms. The second-order valence-corrected chi connectivity index (χ2v) is 6.89. The first-order valence-corrected chi connectivity index (χ1v) is 9.44. The SMILES string of the molecule is CCOCCC1(CNC(=NC)NCCc2cccc(F)c2)CCCC1.I. The van der Waals surface area contributed by atoms with Crippen LogP contribution in [0.5, 0.6) is 0 Å². The van der Waals surface area contributed by atoms with E-state index in [0.717, 1.165) is 50.7 Å². The summed E-state index contributed by atoms with van der Waals surface area (Å²) in [7, 11) is 1.79. The third-order valence-electron chi connectivity index (χ3n) is 5.09. The monoisotopic (exact) mass is 477 g/mol. The van der Waals surface area contributed by atoms with Crippen LogP contribution < -0.4 is 10.6 Å². The van der Waals surface area contributed by atoms with Gasteiger partial charge in [0.15, 0.2) is 5.96 Å². The molecule has 26 heavy (non-hydrogen) atoms. The van der Waals surface area contributed by atoms with Gasteiger partial charge in [-0.25, -0.2) is 4.39 Å². The molecule has 0 radical (unpaired) electrons. The number of ether oxygens (including phenoxy) is 1. The summed E-state index contributed by atoms with van der Waals surface area (Å²) in [5, 5.41) is 6.82. The van der Waals surface area contributed by atoms with E-state index in [0.29, 0.717) is 5.41 Å². The van der Waals surface area contributed by atoms with Crippen LogP contribution in [0.25, 0.3) is 0 Å². The summed E-state index contributed by atoms with van der Waals surface area (Å²) < 4.78 is 18.8. The Hall–Kier alpha value is -0.890. The van der Waals surface area contributed by atoms with Crippen LogP contribution in [0.3, 0.4) is 0 Å². The van der Waals surface area contributed by atoms with Gasteiger partial charge >= 0.3 is 0 Å². The average Bonchev–Trinajstić information content (AvgIpc) is 3.07. The fraction of sp³-hybridized carbons (Fsp3) is 0.650. The molecule has 1 aromatic rings. The molecule has 2 rings (SSSR count). The van der Waals surface area contributed by atoms with Crippen molar-refractivity contribution < 1.29 is 9.13 Å². The normalized spacial score (nSPS) is 16.2. The van der Waals surface area contributed by atoms with Crippen molar-refractivity contribution in [1.29, 1.82) is 0 Å². The molecule has 4 nitrogen and oxygen atoms in total. The fourth-order valence-corrected chi connectivity index (χ4v) is 3.58. The lowest BCUT2D eigenvalue weighted by molar-refractivity contribution is 0.105. The lowest BCUT2D eigenvalue weighted by atomic mass is 9.83. The van der Waals surface area contributed by atoms with Gasteiger partial charge in [-0.15, -0.1) is 24.0 Å². The van der Waals surface area contributed by atoms with E-state index in [4.69, 9.17) is 4.74 Å². The number of nitrogens with zero attached hydrogens (tertiary/aromatic N) is 1. The molecule has 6 heteroatoms. The van der Waals surface area contributed by atoms with E-state index in [-0.39, 0.29) is 29.8 Å². The molecule has 0 amide bonds. The van der Waals surface area contributed by atoms with Crippen LogP contribution in [0, 0.1) is 11.2 Å². The first kappa shape index (κ1) is 23.1. The van der Waals surface area contributed by atoms with Gasteiger partial charge in [0.1, 0.15) is 5.82 Å². The van der Waals surface area contributed by atoms with Crippen molar-refractivity contribution in [1.82, 2.24) is 10.6 Å². The minimum atomic E-state index is -0.183. The fourth-order valence-electron chi connectivity index (χ4n) is 3.58. The van der Waals surface area contributed by atoms with Gasteiger partial charge in [-0.3, -0.25) is 4.99 Å². The zero-order valence-electron chi connectivity index (χ0n) is 16.0. The van der Waals surface area contributed by atoms with E-state index in [1.807, 2.05) is 13.0 Å². The van der Waals surface area contributed by atoms with Gasteiger partial charge in [0.05, 0.1) is 0 Å². The molecule has 0 heterocycles. The maximum Gasteiger partial charge on any atom is 0.191 e. The maximum absolute atomic E-state index is 13.2. The molecular weight excluding hydrogens is 444 g/mol. The van der Waals surface area contributed by atoms with E-state index in [1.54, 1.807) is 19.2 Å². The molecule has 2 N–H and O–H groups in total. The standard InChI is InChI=1S/C20H32FN3O.HI/c1-3-25-14-12-20(10-4-5-11-20)16-24-19(22-2)23-13-9-17-7-6-8-18(21)15-17;/h6-8,15H,3-5,9-14,16H2,1-2H3,(H2,22,23,24);1H. The molecule has 148 valence electrons. The molecule has 0 atom stereocenters. The third-order valence-corrected chi connectivity index (χ3v) is 5.09. The Balaban J connectivity index is 0.00000338. The van der Waals surface area contributed by atoms with E-state index >= 15 is 0 Å². The van der Waals surface area contributed by atoms with Crippen molar-refractivity contribution in [2.75, 3.05) is 33.4 Å². The van der Waals surface area contributed by atoms with Crippen molar-refractivity contribution in [3.8, 4) is 0 Å². The predicted octanol–water partition coefficient (Wildman–Crippen LogP) is 4.14. The molecule has 0 unspecified atom stereocenters. The molecule has 1 fully saturated rings. The number of nitrogens with one attached hydrogen (secondary N) is 2. The minimum absolute atomic E-state index is 0. The zero-order chi connectivity index (χ0) is 18.0. The molecule has 1 aromatic carbocycles. The molecule has 0 spiro atoms. The van der Waals surface area contributed by atoms with Gasteiger partial charge < -0.3 is 15.4 Å². The Morgan fingerprint density at radius 2 is 2.04 bits per heavy atom. The highest BCUT2D eigenvalue weighted by molar-refractivity contribution is 14.0. The predicted molar refractivity (Wildman–Crippen MR) is 117 cm³/mol. The Bertz CT molecular complexity index is 548. The smallest absolute Gasteiger partial charge is 0.191 e.